The first-order valence-electron chi connectivity index (χ1n) is 8.99. The summed E-state index contributed by atoms with van der Waals surface area (Å²) in [5.74, 6) is 0.201. The van der Waals surface area contributed by atoms with Crippen LogP contribution in [0, 0.1) is 6.92 Å². The van der Waals surface area contributed by atoms with Gasteiger partial charge < -0.3 is 18.3 Å². The number of pyridine rings is 1. The van der Waals surface area contributed by atoms with Crippen LogP contribution in [0.15, 0.2) is 44.7 Å². The summed E-state index contributed by atoms with van der Waals surface area (Å²) >= 11 is 0. The molecular formula is C19H17N5O4. The maximum absolute atomic E-state index is 13.6. The summed E-state index contributed by atoms with van der Waals surface area (Å²) in [5, 5.41) is 4.65. The number of fused-ring (bicyclic) bond motifs is 1. The maximum atomic E-state index is 13.6. The maximum Gasteiger partial charge on any atom is 0.259 e. The summed E-state index contributed by atoms with van der Waals surface area (Å²) < 4.78 is 15.5. The van der Waals surface area contributed by atoms with Gasteiger partial charge in [-0.25, -0.2) is 15.0 Å². The van der Waals surface area contributed by atoms with Crippen molar-refractivity contribution >= 4 is 17.0 Å². The standard InChI is InChI=1S/C19H17N5O4/c1-11-17-15(4-16(12-2-3-12)22-18(17)28-23-11)19(25)24(5-13-7-26-9-20-13)6-14-8-27-10-21-14/h4,7-10,12H,2-3,5-6H2,1H3. The van der Waals surface area contributed by atoms with E-state index in [9.17, 15) is 4.79 Å². The first kappa shape index (κ1) is 16.7. The van der Waals surface area contributed by atoms with E-state index in [-0.39, 0.29) is 19.0 Å². The first-order valence-corrected chi connectivity index (χ1v) is 8.99. The highest BCUT2D eigenvalue weighted by Crippen LogP contribution is 2.40. The number of amides is 1. The third kappa shape index (κ3) is 3.04. The van der Waals surface area contributed by atoms with Gasteiger partial charge in [-0.2, -0.15) is 0 Å². The molecule has 142 valence electrons. The molecule has 1 amide bonds. The number of carbonyl (C=O) groups excluding carboxylic acids is 1. The molecule has 1 fully saturated rings. The molecule has 0 saturated heterocycles. The Labute approximate surface area is 159 Å². The van der Waals surface area contributed by atoms with Crippen molar-refractivity contribution < 1.29 is 18.2 Å². The highest BCUT2D eigenvalue weighted by atomic mass is 16.5. The van der Waals surface area contributed by atoms with Gasteiger partial charge in [-0.3, -0.25) is 4.79 Å². The number of nitrogens with zero attached hydrogens (tertiary/aromatic N) is 5. The largest absolute Gasteiger partial charge is 0.451 e. The number of oxazole rings is 2. The van der Waals surface area contributed by atoms with Crippen LogP contribution < -0.4 is 0 Å². The monoisotopic (exact) mass is 379 g/mol. The molecule has 9 heteroatoms. The zero-order chi connectivity index (χ0) is 19.1. The Hall–Kier alpha value is -3.49. The minimum atomic E-state index is -0.174. The van der Waals surface area contributed by atoms with E-state index < -0.39 is 0 Å². The molecule has 0 unspecified atom stereocenters. The van der Waals surface area contributed by atoms with Gasteiger partial charge in [0.15, 0.2) is 12.8 Å². The lowest BCUT2D eigenvalue weighted by atomic mass is 10.1. The summed E-state index contributed by atoms with van der Waals surface area (Å²) in [7, 11) is 0. The van der Waals surface area contributed by atoms with E-state index >= 15 is 0 Å². The SMILES string of the molecule is Cc1noc2nc(C3CC3)cc(C(=O)N(Cc3cocn3)Cc3cocn3)c12. The molecule has 1 aliphatic carbocycles. The van der Waals surface area contributed by atoms with Crippen molar-refractivity contribution in [2.75, 3.05) is 0 Å². The van der Waals surface area contributed by atoms with Gasteiger partial charge in [0, 0.05) is 11.6 Å². The smallest absolute Gasteiger partial charge is 0.259 e. The van der Waals surface area contributed by atoms with Gasteiger partial charge in [-0.1, -0.05) is 5.16 Å². The molecule has 28 heavy (non-hydrogen) atoms. The number of carbonyl (C=O) groups is 1. The Morgan fingerprint density at radius 2 is 1.82 bits per heavy atom. The Bertz CT molecular complexity index is 1080. The van der Waals surface area contributed by atoms with E-state index in [0.717, 1.165) is 18.5 Å². The van der Waals surface area contributed by atoms with Crippen molar-refractivity contribution in [2.24, 2.45) is 0 Å². The summed E-state index contributed by atoms with van der Waals surface area (Å²) in [6.45, 7) is 2.35. The zero-order valence-corrected chi connectivity index (χ0v) is 15.2. The quantitative estimate of drug-likeness (QED) is 0.502. The van der Waals surface area contributed by atoms with Crippen molar-refractivity contribution in [3.8, 4) is 0 Å². The Morgan fingerprint density at radius 3 is 2.39 bits per heavy atom. The third-order valence-electron chi connectivity index (χ3n) is 4.82. The van der Waals surface area contributed by atoms with Gasteiger partial charge in [0.05, 0.1) is 41.1 Å². The van der Waals surface area contributed by atoms with E-state index in [4.69, 9.17) is 13.4 Å². The molecule has 1 aliphatic rings. The Balaban J connectivity index is 1.56. The van der Waals surface area contributed by atoms with Crippen molar-refractivity contribution in [3.63, 3.8) is 0 Å². The second-order valence-electron chi connectivity index (χ2n) is 6.94. The molecule has 0 aromatic carbocycles. The van der Waals surface area contributed by atoms with Crippen LogP contribution in [-0.2, 0) is 13.1 Å². The molecule has 0 aliphatic heterocycles. The van der Waals surface area contributed by atoms with Crippen molar-refractivity contribution in [2.45, 2.75) is 38.8 Å². The molecule has 5 rings (SSSR count). The van der Waals surface area contributed by atoms with Crippen LogP contribution in [0.2, 0.25) is 0 Å². The molecule has 9 nitrogen and oxygen atoms in total. The number of hydrogen-bond acceptors (Lipinski definition) is 8. The van der Waals surface area contributed by atoms with Gasteiger partial charge in [0.2, 0.25) is 0 Å². The molecule has 4 heterocycles. The highest BCUT2D eigenvalue weighted by molar-refractivity contribution is 6.06. The van der Waals surface area contributed by atoms with Crippen molar-refractivity contribution in [1.29, 1.82) is 0 Å². The van der Waals surface area contributed by atoms with E-state index in [1.165, 1.54) is 25.3 Å². The van der Waals surface area contributed by atoms with Gasteiger partial charge in [0.25, 0.3) is 11.6 Å². The van der Waals surface area contributed by atoms with E-state index in [0.29, 0.717) is 39.7 Å². The molecule has 0 spiro atoms. The van der Waals surface area contributed by atoms with Crippen LogP contribution in [0.1, 0.15) is 51.9 Å². The predicted molar refractivity (Wildman–Crippen MR) is 95.1 cm³/mol. The average Bonchev–Trinajstić information content (AvgIpc) is 3.07. The van der Waals surface area contributed by atoms with Crippen molar-refractivity contribution in [1.82, 2.24) is 25.0 Å². The topological polar surface area (TPSA) is 111 Å². The van der Waals surface area contributed by atoms with Crippen LogP contribution in [0.4, 0.5) is 0 Å². The minimum absolute atomic E-state index is 0.174. The minimum Gasteiger partial charge on any atom is -0.451 e. The molecule has 0 bridgehead atoms. The second-order valence-corrected chi connectivity index (χ2v) is 6.94. The van der Waals surface area contributed by atoms with E-state index in [1.54, 1.807) is 11.8 Å². The van der Waals surface area contributed by atoms with Gasteiger partial charge >= 0.3 is 0 Å². The fourth-order valence-electron chi connectivity index (χ4n) is 3.26. The lowest BCUT2D eigenvalue weighted by molar-refractivity contribution is 0.0727. The second kappa shape index (κ2) is 6.59. The molecule has 0 radical (unpaired) electrons. The molecule has 1 saturated carbocycles. The summed E-state index contributed by atoms with van der Waals surface area (Å²) in [5.41, 5.74) is 3.72. The fourth-order valence-corrected chi connectivity index (χ4v) is 3.26. The number of aromatic nitrogens is 4. The molecule has 0 N–H and O–H groups in total. The van der Waals surface area contributed by atoms with Crippen LogP contribution in [0.25, 0.3) is 11.1 Å². The normalized spacial score (nSPS) is 13.9. The predicted octanol–water partition coefficient (Wildman–Crippen LogP) is 3.23. The van der Waals surface area contributed by atoms with Gasteiger partial charge in [-0.15, -0.1) is 0 Å². The lowest BCUT2D eigenvalue weighted by Crippen LogP contribution is -2.30. The van der Waals surface area contributed by atoms with Crippen LogP contribution in [0.3, 0.4) is 0 Å². The van der Waals surface area contributed by atoms with Crippen LogP contribution in [0.5, 0.6) is 0 Å². The molecule has 0 atom stereocenters. The highest BCUT2D eigenvalue weighted by Gasteiger charge is 2.30. The van der Waals surface area contributed by atoms with E-state index in [1.807, 2.05) is 6.07 Å². The number of aryl methyl sites for hydroxylation is 1. The average molecular weight is 379 g/mol. The van der Waals surface area contributed by atoms with E-state index in [2.05, 4.69) is 20.1 Å². The fraction of sp³-hybridized carbons (Fsp3) is 0.316. The summed E-state index contributed by atoms with van der Waals surface area (Å²) in [4.78, 5) is 28.1. The summed E-state index contributed by atoms with van der Waals surface area (Å²) in [6.07, 6.45) is 7.86. The zero-order valence-electron chi connectivity index (χ0n) is 15.2. The molecule has 4 aromatic heterocycles. The van der Waals surface area contributed by atoms with Crippen LogP contribution in [-0.4, -0.2) is 30.9 Å². The first-order chi connectivity index (χ1) is 13.7. The Morgan fingerprint density at radius 1 is 1.14 bits per heavy atom. The Kier molecular flexibility index (Phi) is 3.92. The molecular weight excluding hydrogens is 362 g/mol. The number of hydrogen-bond donors (Lipinski definition) is 0. The number of rotatable bonds is 6. The lowest BCUT2D eigenvalue weighted by Gasteiger charge is -2.21. The van der Waals surface area contributed by atoms with Gasteiger partial charge in [0.1, 0.15) is 12.5 Å². The molecule has 4 aromatic rings. The van der Waals surface area contributed by atoms with Gasteiger partial charge in [-0.05, 0) is 25.8 Å². The van der Waals surface area contributed by atoms with Crippen LogP contribution >= 0.6 is 0 Å². The third-order valence-corrected chi connectivity index (χ3v) is 4.82. The van der Waals surface area contributed by atoms with Crippen molar-refractivity contribution in [3.05, 3.63) is 59.7 Å². The summed E-state index contributed by atoms with van der Waals surface area (Å²) in [6, 6.07) is 1.87.